The van der Waals surface area contributed by atoms with E-state index in [0.717, 1.165) is 16.7 Å². The van der Waals surface area contributed by atoms with E-state index in [1.807, 2.05) is 48.5 Å². The fourth-order valence-electron chi connectivity index (χ4n) is 3.41. The second kappa shape index (κ2) is 9.19. The fraction of sp³-hybridized carbons (Fsp3) is 0.0800. The Morgan fingerprint density at radius 2 is 1.65 bits per heavy atom. The number of carbonyl (C=O) groups excluding carboxylic acids is 1. The summed E-state index contributed by atoms with van der Waals surface area (Å²) in [4.78, 5) is 20.7. The van der Waals surface area contributed by atoms with Gasteiger partial charge in [0.05, 0.1) is 12.2 Å². The van der Waals surface area contributed by atoms with Gasteiger partial charge >= 0.3 is 0 Å². The maximum absolute atomic E-state index is 12.4. The fourth-order valence-corrected chi connectivity index (χ4v) is 3.41. The summed E-state index contributed by atoms with van der Waals surface area (Å²) in [5.74, 6) is -0.244. The zero-order chi connectivity index (χ0) is 21.6. The van der Waals surface area contributed by atoms with Gasteiger partial charge in [-0.15, -0.1) is 0 Å². The van der Waals surface area contributed by atoms with Gasteiger partial charge in [0.25, 0.3) is 5.91 Å². The van der Waals surface area contributed by atoms with Gasteiger partial charge < -0.3 is 15.6 Å². The van der Waals surface area contributed by atoms with Crippen molar-refractivity contribution in [2.75, 3.05) is 0 Å². The highest BCUT2D eigenvalue weighted by molar-refractivity contribution is 6.00. The second-order valence-corrected chi connectivity index (χ2v) is 6.97. The van der Waals surface area contributed by atoms with Gasteiger partial charge in [0, 0.05) is 35.9 Å². The lowest BCUT2D eigenvalue weighted by Gasteiger charge is -2.18. The predicted octanol–water partition coefficient (Wildman–Crippen LogP) is 3.98. The van der Waals surface area contributed by atoms with E-state index in [-0.39, 0.29) is 18.8 Å². The molecular formula is C25H21N3O3. The number of nitrogens with two attached hydrogens (primary N) is 1. The molecule has 0 atom stereocenters. The monoisotopic (exact) mass is 411 g/mol. The van der Waals surface area contributed by atoms with Crippen LogP contribution in [0.2, 0.25) is 0 Å². The Hall–Kier alpha value is -4.03. The van der Waals surface area contributed by atoms with Gasteiger partial charge in [-0.3, -0.25) is 14.8 Å². The summed E-state index contributed by atoms with van der Waals surface area (Å²) in [6, 6.07) is 18.7. The molecule has 0 aliphatic heterocycles. The number of rotatable bonds is 7. The van der Waals surface area contributed by atoms with Crippen molar-refractivity contribution in [2.24, 2.45) is 5.73 Å². The third-order valence-electron chi connectivity index (χ3n) is 4.97. The first-order chi connectivity index (χ1) is 15.2. The molecule has 0 fully saturated rings. The molecule has 6 heteroatoms. The number of aromatic nitrogens is 2. The van der Waals surface area contributed by atoms with Crippen molar-refractivity contribution < 1.29 is 14.6 Å². The summed E-state index contributed by atoms with van der Waals surface area (Å²) in [7, 11) is 0. The van der Waals surface area contributed by atoms with E-state index in [1.54, 1.807) is 36.9 Å². The molecule has 1 amide bonds. The number of aliphatic hydroxyl groups is 1. The van der Waals surface area contributed by atoms with Crippen molar-refractivity contribution in [1.82, 2.24) is 9.97 Å². The molecule has 2 aromatic carbocycles. The third-order valence-corrected chi connectivity index (χ3v) is 4.97. The molecular weight excluding hydrogens is 390 g/mol. The van der Waals surface area contributed by atoms with Crippen LogP contribution in [0.25, 0.3) is 22.3 Å². The molecule has 0 radical (unpaired) electrons. The van der Waals surface area contributed by atoms with Gasteiger partial charge in [-0.2, -0.15) is 0 Å². The molecule has 0 saturated heterocycles. The number of aliphatic hydroxyl groups excluding tert-OH is 1. The van der Waals surface area contributed by atoms with E-state index in [2.05, 4.69) is 9.97 Å². The molecule has 0 spiro atoms. The van der Waals surface area contributed by atoms with E-state index >= 15 is 0 Å². The van der Waals surface area contributed by atoms with Crippen molar-refractivity contribution in [3.8, 4) is 28.0 Å². The highest BCUT2D eigenvalue weighted by Gasteiger charge is 2.20. The van der Waals surface area contributed by atoms with Crippen LogP contribution >= 0.6 is 0 Å². The molecule has 0 unspecified atom stereocenters. The number of carbonyl (C=O) groups is 1. The normalized spacial score (nSPS) is 10.6. The first kappa shape index (κ1) is 20.3. The summed E-state index contributed by atoms with van der Waals surface area (Å²) in [5.41, 5.74) is 10.6. The molecule has 31 heavy (non-hydrogen) atoms. The number of primary amides is 1. The van der Waals surface area contributed by atoms with Crippen molar-refractivity contribution in [3.63, 3.8) is 0 Å². The smallest absolute Gasteiger partial charge is 0.252 e. The lowest BCUT2D eigenvalue weighted by Crippen LogP contribution is -2.14. The van der Waals surface area contributed by atoms with Gasteiger partial charge in [0.1, 0.15) is 12.4 Å². The maximum Gasteiger partial charge on any atom is 0.252 e. The molecule has 154 valence electrons. The Labute approximate surface area is 180 Å². The van der Waals surface area contributed by atoms with E-state index in [4.69, 9.17) is 10.5 Å². The summed E-state index contributed by atoms with van der Waals surface area (Å²) in [5, 5.41) is 9.87. The van der Waals surface area contributed by atoms with Crippen LogP contribution in [0, 0.1) is 0 Å². The average Bonchev–Trinajstić information content (AvgIpc) is 2.83. The Balaban J connectivity index is 1.91. The standard InChI is InChI=1S/C25H21N3O3/c26-25(30)22-13-20(18-6-9-27-10-7-18)12-21(23-14-28-11-8-19(23)15-29)24(22)31-16-17-4-2-1-3-5-17/h1-14,29H,15-16H2,(H2,26,30). The molecule has 4 aromatic rings. The Morgan fingerprint density at radius 1 is 0.903 bits per heavy atom. The molecule has 2 aromatic heterocycles. The van der Waals surface area contributed by atoms with Gasteiger partial charge in [-0.25, -0.2) is 0 Å². The summed E-state index contributed by atoms with van der Waals surface area (Å²) in [6.07, 6.45) is 6.63. The second-order valence-electron chi connectivity index (χ2n) is 6.97. The molecule has 0 saturated carbocycles. The van der Waals surface area contributed by atoms with Crippen LogP contribution in [-0.2, 0) is 13.2 Å². The SMILES string of the molecule is NC(=O)c1cc(-c2ccncc2)cc(-c2cnccc2CO)c1OCc1ccccc1. The van der Waals surface area contributed by atoms with Crippen LogP contribution in [0.1, 0.15) is 21.5 Å². The number of hydrogen-bond donors (Lipinski definition) is 2. The molecule has 0 aliphatic rings. The summed E-state index contributed by atoms with van der Waals surface area (Å²) >= 11 is 0. The first-order valence-corrected chi connectivity index (χ1v) is 9.76. The summed E-state index contributed by atoms with van der Waals surface area (Å²) in [6.45, 7) is 0.0822. The molecule has 4 rings (SSSR count). The average molecular weight is 411 g/mol. The van der Waals surface area contributed by atoms with Gasteiger partial charge in [-0.1, -0.05) is 30.3 Å². The third kappa shape index (κ3) is 4.44. The zero-order valence-corrected chi connectivity index (χ0v) is 16.7. The zero-order valence-electron chi connectivity index (χ0n) is 16.7. The predicted molar refractivity (Wildman–Crippen MR) is 118 cm³/mol. The summed E-state index contributed by atoms with van der Waals surface area (Å²) < 4.78 is 6.14. The number of hydrogen-bond acceptors (Lipinski definition) is 5. The van der Waals surface area contributed by atoms with Gasteiger partial charge in [0.2, 0.25) is 0 Å². The maximum atomic E-state index is 12.4. The quantitative estimate of drug-likeness (QED) is 0.479. The van der Waals surface area contributed by atoms with Gasteiger partial charge in [-0.05, 0) is 52.6 Å². The first-order valence-electron chi connectivity index (χ1n) is 9.76. The van der Waals surface area contributed by atoms with E-state index < -0.39 is 5.91 Å². The van der Waals surface area contributed by atoms with E-state index in [1.165, 1.54) is 0 Å². The van der Waals surface area contributed by atoms with Gasteiger partial charge in [0.15, 0.2) is 0 Å². The van der Waals surface area contributed by atoms with Crippen molar-refractivity contribution in [1.29, 1.82) is 0 Å². The largest absolute Gasteiger partial charge is 0.487 e. The number of benzene rings is 2. The Bertz CT molecular complexity index is 1200. The Kier molecular flexibility index (Phi) is 6.01. The highest BCUT2D eigenvalue weighted by Crippen LogP contribution is 2.39. The topological polar surface area (TPSA) is 98.3 Å². The minimum atomic E-state index is -0.602. The van der Waals surface area contributed by atoms with Crippen LogP contribution in [0.15, 0.2) is 85.5 Å². The van der Waals surface area contributed by atoms with Crippen molar-refractivity contribution in [3.05, 3.63) is 102 Å². The van der Waals surface area contributed by atoms with Crippen molar-refractivity contribution in [2.45, 2.75) is 13.2 Å². The minimum absolute atomic E-state index is 0.179. The number of ether oxygens (including phenoxy) is 1. The van der Waals surface area contributed by atoms with Crippen LogP contribution in [0.4, 0.5) is 0 Å². The molecule has 6 nitrogen and oxygen atoms in total. The van der Waals surface area contributed by atoms with E-state index in [0.29, 0.717) is 22.4 Å². The lowest BCUT2D eigenvalue weighted by molar-refractivity contribution is 0.0996. The van der Waals surface area contributed by atoms with Crippen molar-refractivity contribution >= 4 is 5.91 Å². The molecule has 2 heterocycles. The van der Waals surface area contributed by atoms with Crippen LogP contribution < -0.4 is 10.5 Å². The van der Waals surface area contributed by atoms with E-state index in [9.17, 15) is 9.90 Å². The van der Waals surface area contributed by atoms with Crippen LogP contribution in [0.5, 0.6) is 5.75 Å². The minimum Gasteiger partial charge on any atom is -0.487 e. The number of pyridine rings is 2. The highest BCUT2D eigenvalue weighted by atomic mass is 16.5. The lowest BCUT2D eigenvalue weighted by atomic mass is 9.93. The number of nitrogens with zero attached hydrogens (tertiary/aromatic N) is 2. The Morgan fingerprint density at radius 3 is 2.35 bits per heavy atom. The van der Waals surface area contributed by atoms with Crippen LogP contribution in [-0.4, -0.2) is 21.0 Å². The van der Waals surface area contributed by atoms with Crippen LogP contribution in [0.3, 0.4) is 0 Å². The molecule has 3 N–H and O–H groups in total. The molecule has 0 bridgehead atoms. The number of amides is 1. The molecule has 0 aliphatic carbocycles.